The van der Waals surface area contributed by atoms with Gasteiger partial charge in [0.1, 0.15) is 11.6 Å². The van der Waals surface area contributed by atoms with Gasteiger partial charge in [0.05, 0.1) is 27.9 Å². The average molecular weight is 648 g/mol. The zero-order chi connectivity index (χ0) is 33.8. The Hall–Kier alpha value is -4.88. The normalized spacial score (nSPS) is 14.4. The van der Waals surface area contributed by atoms with Gasteiger partial charge in [-0.25, -0.2) is 27.3 Å². The van der Waals surface area contributed by atoms with Gasteiger partial charge in [0.25, 0.3) is 5.56 Å². The van der Waals surface area contributed by atoms with E-state index in [9.17, 15) is 36.3 Å². The first-order valence-electron chi connectivity index (χ1n) is 14.0. The molecule has 3 aromatic carbocycles. The average Bonchev–Trinajstić information content (AvgIpc) is 3.41. The minimum atomic E-state index is -2.44. The summed E-state index contributed by atoms with van der Waals surface area (Å²) in [5.41, 5.74) is 0.427. The number of aryl methyl sites for hydroxylation is 2. The van der Waals surface area contributed by atoms with E-state index >= 15 is 4.39 Å². The van der Waals surface area contributed by atoms with Crippen molar-refractivity contribution in [3.05, 3.63) is 98.1 Å². The number of fused-ring (bicyclic) bond motifs is 2. The highest BCUT2D eigenvalue weighted by Crippen LogP contribution is 2.39. The van der Waals surface area contributed by atoms with E-state index in [1.807, 2.05) is 0 Å². The Morgan fingerprint density at radius 1 is 0.978 bits per heavy atom. The number of aromatic nitrogens is 2. The molecule has 242 valence electrons. The molecule has 8 nitrogen and oxygen atoms in total. The van der Waals surface area contributed by atoms with Crippen molar-refractivity contribution in [3.8, 4) is 5.75 Å². The summed E-state index contributed by atoms with van der Waals surface area (Å²) in [6, 6.07) is 6.38. The fourth-order valence-corrected chi connectivity index (χ4v) is 5.20. The fraction of sp³-hybridized carbons (Fsp3) is 0.312. The Labute approximate surface area is 258 Å². The lowest BCUT2D eigenvalue weighted by atomic mass is 9.98. The van der Waals surface area contributed by atoms with Crippen LogP contribution in [0.2, 0.25) is 0 Å². The summed E-state index contributed by atoms with van der Waals surface area (Å²) >= 11 is 0. The molecule has 5 rings (SSSR count). The zero-order valence-electron chi connectivity index (χ0n) is 25.2. The maximum absolute atomic E-state index is 15.1. The zero-order valence-corrected chi connectivity index (χ0v) is 25.2. The van der Waals surface area contributed by atoms with Gasteiger partial charge in [-0.3, -0.25) is 14.2 Å². The predicted molar refractivity (Wildman–Crippen MR) is 153 cm³/mol. The first-order valence-corrected chi connectivity index (χ1v) is 14.0. The number of esters is 2. The summed E-state index contributed by atoms with van der Waals surface area (Å²) in [7, 11) is 1.66. The van der Waals surface area contributed by atoms with Crippen LogP contribution >= 0.6 is 0 Å². The van der Waals surface area contributed by atoms with Crippen LogP contribution < -0.4 is 15.2 Å². The number of hydrogen-bond donors (Lipinski definition) is 0. The third-order valence-electron chi connectivity index (χ3n) is 7.80. The molecule has 0 aliphatic heterocycles. The molecular formula is C32H27F6N3O5. The van der Waals surface area contributed by atoms with Crippen LogP contribution in [0.1, 0.15) is 60.5 Å². The highest BCUT2D eigenvalue weighted by molar-refractivity contribution is 5.92. The number of rotatable bonds is 6. The second-order valence-electron chi connectivity index (χ2n) is 11.9. The van der Waals surface area contributed by atoms with Crippen LogP contribution in [-0.2, 0) is 22.7 Å². The van der Waals surface area contributed by atoms with Gasteiger partial charge >= 0.3 is 11.9 Å². The lowest BCUT2D eigenvalue weighted by Gasteiger charge is -2.28. The number of benzene rings is 3. The number of nitrogens with zero attached hydrogens (tertiary/aromatic N) is 3. The smallest absolute Gasteiger partial charge is 0.346 e. The first-order chi connectivity index (χ1) is 21.5. The molecule has 0 spiro atoms. The molecule has 1 aliphatic carbocycles. The SMILES string of the molecule is Cc1nc2cc3c(cc2c(=O)n1COC(=O)C(C)(C)C)C(N(C)c1ccc(C(=O)Oc2c(F)c(F)c(F)c(F)c2F)c(F)c1)CC3. The summed E-state index contributed by atoms with van der Waals surface area (Å²) in [5, 5.41) is 0.286. The van der Waals surface area contributed by atoms with Crippen molar-refractivity contribution < 1.29 is 45.4 Å². The van der Waals surface area contributed by atoms with Gasteiger partial charge in [0.15, 0.2) is 6.73 Å². The highest BCUT2D eigenvalue weighted by Gasteiger charge is 2.31. The lowest BCUT2D eigenvalue weighted by molar-refractivity contribution is -0.157. The Kier molecular flexibility index (Phi) is 8.34. The lowest BCUT2D eigenvalue weighted by Crippen LogP contribution is -2.30. The van der Waals surface area contributed by atoms with Crippen molar-refractivity contribution >= 4 is 28.5 Å². The molecule has 0 saturated carbocycles. The second kappa shape index (κ2) is 11.8. The largest absolute Gasteiger partial charge is 0.443 e. The monoisotopic (exact) mass is 647 g/mol. The van der Waals surface area contributed by atoms with E-state index in [1.165, 1.54) is 10.6 Å². The molecule has 1 aromatic heterocycles. The number of halogens is 6. The summed E-state index contributed by atoms with van der Waals surface area (Å²) in [6.07, 6.45) is 1.19. The van der Waals surface area contributed by atoms with Crippen LogP contribution in [-0.4, -0.2) is 28.5 Å². The van der Waals surface area contributed by atoms with Crippen molar-refractivity contribution in [1.82, 2.24) is 9.55 Å². The van der Waals surface area contributed by atoms with Gasteiger partial charge < -0.3 is 14.4 Å². The van der Waals surface area contributed by atoms with Gasteiger partial charge in [-0.05, 0) is 82.0 Å². The molecule has 1 heterocycles. The van der Waals surface area contributed by atoms with Crippen LogP contribution in [0.15, 0.2) is 35.1 Å². The second-order valence-corrected chi connectivity index (χ2v) is 11.9. The number of carbonyl (C=O) groups excluding carboxylic acids is 2. The number of anilines is 1. The number of carbonyl (C=O) groups is 2. The predicted octanol–water partition coefficient (Wildman–Crippen LogP) is 6.43. The van der Waals surface area contributed by atoms with Crippen molar-refractivity contribution in [1.29, 1.82) is 0 Å². The molecule has 0 fully saturated rings. The van der Waals surface area contributed by atoms with Crippen LogP contribution in [0, 0.1) is 47.2 Å². The summed E-state index contributed by atoms with van der Waals surface area (Å²) in [4.78, 5) is 44.4. The van der Waals surface area contributed by atoms with Crippen molar-refractivity contribution in [2.45, 2.75) is 53.3 Å². The van der Waals surface area contributed by atoms with E-state index in [0.717, 1.165) is 23.3 Å². The minimum Gasteiger partial charge on any atom is -0.443 e. The Balaban J connectivity index is 1.41. The highest BCUT2D eigenvalue weighted by atomic mass is 19.2. The molecule has 0 N–H and O–H groups in total. The van der Waals surface area contributed by atoms with Gasteiger partial charge in [0.2, 0.25) is 34.8 Å². The summed E-state index contributed by atoms with van der Waals surface area (Å²) in [5.74, 6) is -16.7. The standard InChI is InChI=1S/C32H27F6N3O5/c1-14-39-21-10-15-6-9-22(18(15)12-19(21)29(42)41(14)13-45-31(44)32(2,3)4)40(5)16-7-8-17(20(33)11-16)30(43)46-28-26(37)24(35)23(34)25(36)27(28)38/h7-8,10-12,22H,6,9,13H2,1-5H3. The molecule has 0 radical (unpaired) electrons. The Morgan fingerprint density at radius 3 is 2.22 bits per heavy atom. The fourth-order valence-electron chi connectivity index (χ4n) is 5.20. The van der Waals surface area contributed by atoms with Crippen LogP contribution in [0.4, 0.5) is 32.0 Å². The molecular weight excluding hydrogens is 620 g/mol. The molecule has 46 heavy (non-hydrogen) atoms. The van der Waals surface area contributed by atoms with Crippen LogP contribution in [0.25, 0.3) is 10.9 Å². The maximum atomic E-state index is 15.1. The van der Waals surface area contributed by atoms with Gasteiger partial charge in [-0.2, -0.15) is 8.78 Å². The molecule has 0 bridgehead atoms. The molecule has 4 aromatic rings. The molecule has 14 heteroatoms. The van der Waals surface area contributed by atoms with E-state index in [2.05, 4.69) is 9.72 Å². The summed E-state index contributed by atoms with van der Waals surface area (Å²) in [6.45, 7) is 6.38. The van der Waals surface area contributed by atoms with Gasteiger partial charge in [-0.15, -0.1) is 0 Å². The van der Waals surface area contributed by atoms with E-state index in [-0.39, 0.29) is 23.8 Å². The van der Waals surface area contributed by atoms with Crippen molar-refractivity contribution in [2.75, 3.05) is 11.9 Å². The van der Waals surface area contributed by atoms with Crippen LogP contribution in [0.5, 0.6) is 5.75 Å². The Bertz CT molecular complexity index is 1960. The van der Waals surface area contributed by atoms with E-state index in [1.54, 1.807) is 51.8 Å². The van der Waals surface area contributed by atoms with Gasteiger partial charge in [-0.1, -0.05) is 0 Å². The van der Waals surface area contributed by atoms with E-state index in [4.69, 9.17) is 4.74 Å². The third kappa shape index (κ3) is 5.67. The van der Waals surface area contributed by atoms with E-state index in [0.29, 0.717) is 24.2 Å². The third-order valence-corrected chi connectivity index (χ3v) is 7.80. The van der Waals surface area contributed by atoms with Crippen LogP contribution in [0.3, 0.4) is 0 Å². The molecule has 1 unspecified atom stereocenters. The summed E-state index contributed by atoms with van der Waals surface area (Å²) < 4.78 is 94.3. The first kappa shape index (κ1) is 32.5. The minimum absolute atomic E-state index is 0.275. The Morgan fingerprint density at radius 2 is 1.61 bits per heavy atom. The van der Waals surface area contributed by atoms with Crippen molar-refractivity contribution in [3.63, 3.8) is 0 Å². The van der Waals surface area contributed by atoms with Crippen molar-refractivity contribution in [2.24, 2.45) is 5.41 Å². The molecule has 1 atom stereocenters. The van der Waals surface area contributed by atoms with Gasteiger partial charge in [0, 0.05) is 12.7 Å². The number of hydrogen-bond acceptors (Lipinski definition) is 7. The molecule has 0 amide bonds. The molecule has 0 saturated heterocycles. The molecule has 1 aliphatic rings. The quantitative estimate of drug-likeness (QED) is 0.0784. The topological polar surface area (TPSA) is 90.7 Å². The maximum Gasteiger partial charge on any atom is 0.346 e. The number of ether oxygens (including phenoxy) is 2. The van der Waals surface area contributed by atoms with E-state index < -0.39 is 69.1 Å².